The molecule has 1 aromatic heterocycles. The predicted molar refractivity (Wildman–Crippen MR) is 48.3 cm³/mol. The minimum absolute atomic E-state index is 0.109. The molecule has 1 heterocycles. The summed E-state index contributed by atoms with van der Waals surface area (Å²) >= 11 is 0. The van der Waals surface area contributed by atoms with Crippen LogP contribution in [-0.4, -0.2) is 16.0 Å². The fourth-order valence-corrected chi connectivity index (χ4v) is 1.40. The first-order valence-electron chi connectivity index (χ1n) is 4.71. The minimum Gasteiger partial charge on any atom is -0.367 e. The molecule has 0 spiro atoms. The van der Waals surface area contributed by atoms with E-state index in [2.05, 4.69) is 15.3 Å². The Bertz CT molecular complexity index is 347. The Labute approximate surface area is 84.7 Å². The van der Waals surface area contributed by atoms with Gasteiger partial charge in [0.15, 0.2) is 0 Å². The number of nitrogens with zero attached hydrogens (tertiary/aromatic N) is 2. The highest BCUT2D eigenvalue weighted by atomic mass is 19.4. The SMILES string of the molecule is FC(F)(F)c1cncnc1NC1CCC1. The Hall–Kier alpha value is -1.33. The van der Waals surface area contributed by atoms with Crippen molar-refractivity contribution in [1.29, 1.82) is 0 Å². The van der Waals surface area contributed by atoms with Gasteiger partial charge in [0.25, 0.3) is 0 Å². The molecule has 0 unspecified atom stereocenters. The minimum atomic E-state index is -4.40. The van der Waals surface area contributed by atoms with E-state index in [-0.39, 0.29) is 11.9 Å². The van der Waals surface area contributed by atoms with Gasteiger partial charge in [-0.1, -0.05) is 0 Å². The van der Waals surface area contributed by atoms with Crippen molar-refractivity contribution >= 4 is 5.82 Å². The Kier molecular flexibility index (Phi) is 2.50. The van der Waals surface area contributed by atoms with E-state index in [0.717, 1.165) is 31.8 Å². The lowest BCUT2D eigenvalue weighted by Crippen LogP contribution is -2.29. The largest absolute Gasteiger partial charge is 0.421 e. The number of hydrogen-bond acceptors (Lipinski definition) is 3. The molecule has 1 aliphatic rings. The quantitative estimate of drug-likeness (QED) is 0.826. The van der Waals surface area contributed by atoms with Crippen LogP contribution in [0.1, 0.15) is 24.8 Å². The highest BCUT2D eigenvalue weighted by Crippen LogP contribution is 2.34. The van der Waals surface area contributed by atoms with Gasteiger partial charge in [-0.3, -0.25) is 0 Å². The molecule has 82 valence electrons. The lowest BCUT2D eigenvalue weighted by atomic mass is 9.93. The van der Waals surface area contributed by atoms with E-state index in [4.69, 9.17) is 0 Å². The molecule has 0 atom stereocenters. The molecule has 0 saturated heterocycles. The fourth-order valence-electron chi connectivity index (χ4n) is 1.40. The fraction of sp³-hybridized carbons (Fsp3) is 0.556. The first kappa shape index (κ1) is 10.2. The second kappa shape index (κ2) is 3.67. The van der Waals surface area contributed by atoms with Crippen molar-refractivity contribution < 1.29 is 13.2 Å². The van der Waals surface area contributed by atoms with Gasteiger partial charge in [0.05, 0.1) is 0 Å². The average Bonchev–Trinajstić information content (AvgIpc) is 2.10. The van der Waals surface area contributed by atoms with E-state index in [1.165, 1.54) is 0 Å². The summed E-state index contributed by atoms with van der Waals surface area (Å²) in [6, 6.07) is 0.126. The Morgan fingerprint density at radius 2 is 2.07 bits per heavy atom. The van der Waals surface area contributed by atoms with E-state index >= 15 is 0 Å². The van der Waals surface area contributed by atoms with Gasteiger partial charge >= 0.3 is 6.18 Å². The third kappa shape index (κ3) is 2.19. The van der Waals surface area contributed by atoms with Crippen LogP contribution < -0.4 is 5.32 Å². The van der Waals surface area contributed by atoms with Crippen LogP contribution >= 0.6 is 0 Å². The summed E-state index contributed by atoms with van der Waals surface area (Å²) in [5.74, 6) is -0.109. The van der Waals surface area contributed by atoms with Crippen molar-refractivity contribution in [3.05, 3.63) is 18.1 Å². The second-order valence-corrected chi connectivity index (χ2v) is 3.55. The molecule has 1 aromatic rings. The zero-order valence-corrected chi connectivity index (χ0v) is 7.88. The molecule has 0 aromatic carbocycles. The van der Waals surface area contributed by atoms with Gasteiger partial charge < -0.3 is 5.32 Å². The molecule has 3 nitrogen and oxygen atoms in total. The molecule has 1 N–H and O–H groups in total. The Morgan fingerprint density at radius 1 is 1.33 bits per heavy atom. The number of hydrogen-bond donors (Lipinski definition) is 1. The topological polar surface area (TPSA) is 37.8 Å². The summed E-state index contributed by atoms with van der Waals surface area (Å²) in [5.41, 5.74) is -0.795. The molecule has 0 radical (unpaired) electrons. The van der Waals surface area contributed by atoms with Crippen LogP contribution in [-0.2, 0) is 6.18 Å². The molecule has 1 saturated carbocycles. The average molecular weight is 217 g/mol. The molecule has 0 bridgehead atoms. The lowest BCUT2D eigenvalue weighted by molar-refractivity contribution is -0.137. The monoisotopic (exact) mass is 217 g/mol. The number of nitrogens with one attached hydrogen (secondary N) is 1. The summed E-state index contributed by atoms with van der Waals surface area (Å²) in [5, 5.41) is 2.78. The summed E-state index contributed by atoms with van der Waals surface area (Å²) in [7, 11) is 0. The van der Waals surface area contributed by atoms with Crippen LogP contribution in [0.3, 0.4) is 0 Å². The van der Waals surface area contributed by atoms with E-state index in [9.17, 15) is 13.2 Å². The molecule has 0 amide bonds. The van der Waals surface area contributed by atoms with E-state index in [0.29, 0.717) is 0 Å². The molecule has 1 fully saturated rings. The third-order valence-corrected chi connectivity index (χ3v) is 2.46. The first-order valence-corrected chi connectivity index (χ1v) is 4.71. The van der Waals surface area contributed by atoms with Crippen molar-refractivity contribution in [2.75, 3.05) is 5.32 Å². The zero-order chi connectivity index (χ0) is 10.9. The molecule has 15 heavy (non-hydrogen) atoms. The lowest BCUT2D eigenvalue weighted by Gasteiger charge is -2.27. The maximum absolute atomic E-state index is 12.5. The van der Waals surface area contributed by atoms with Gasteiger partial charge in [-0.05, 0) is 19.3 Å². The molecule has 1 aliphatic carbocycles. The standard InChI is InChI=1S/C9H10F3N3/c10-9(11,12)7-4-13-5-14-8(7)15-6-2-1-3-6/h4-6H,1-3H2,(H,13,14,15). The summed E-state index contributed by atoms with van der Waals surface area (Å²) in [4.78, 5) is 7.02. The van der Waals surface area contributed by atoms with E-state index in [1.807, 2.05) is 0 Å². The number of rotatable bonds is 2. The van der Waals surface area contributed by atoms with Gasteiger partial charge in [0.1, 0.15) is 17.7 Å². The van der Waals surface area contributed by atoms with Crippen molar-refractivity contribution in [1.82, 2.24) is 9.97 Å². The van der Waals surface area contributed by atoms with Crippen molar-refractivity contribution in [3.63, 3.8) is 0 Å². The maximum Gasteiger partial charge on any atom is 0.421 e. The van der Waals surface area contributed by atoms with Crippen molar-refractivity contribution in [2.45, 2.75) is 31.5 Å². The highest BCUT2D eigenvalue weighted by molar-refractivity contribution is 5.45. The maximum atomic E-state index is 12.5. The van der Waals surface area contributed by atoms with Gasteiger partial charge in [-0.25, -0.2) is 9.97 Å². The second-order valence-electron chi connectivity index (χ2n) is 3.55. The van der Waals surface area contributed by atoms with Crippen molar-refractivity contribution in [3.8, 4) is 0 Å². The summed E-state index contributed by atoms with van der Waals surface area (Å²) in [6.45, 7) is 0. The van der Waals surface area contributed by atoms with Gasteiger partial charge in [-0.2, -0.15) is 13.2 Å². The molecule has 0 aliphatic heterocycles. The van der Waals surface area contributed by atoms with Gasteiger partial charge in [0.2, 0.25) is 0 Å². The van der Waals surface area contributed by atoms with Crippen LogP contribution in [0, 0.1) is 0 Å². The number of halogens is 3. The highest BCUT2D eigenvalue weighted by Gasteiger charge is 2.35. The molecule has 2 rings (SSSR count). The molecular weight excluding hydrogens is 207 g/mol. The Morgan fingerprint density at radius 3 is 2.60 bits per heavy atom. The number of aromatic nitrogens is 2. The molecule has 6 heteroatoms. The normalized spacial score (nSPS) is 17.3. The van der Waals surface area contributed by atoms with Gasteiger partial charge in [0, 0.05) is 12.2 Å². The van der Waals surface area contributed by atoms with Crippen LogP contribution in [0.4, 0.5) is 19.0 Å². The van der Waals surface area contributed by atoms with E-state index in [1.54, 1.807) is 0 Å². The van der Waals surface area contributed by atoms with Crippen LogP contribution in [0.2, 0.25) is 0 Å². The van der Waals surface area contributed by atoms with Crippen molar-refractivity contribution in [2.24, 2.45) is 0 Å². The smallest absolute Gasteiger partial charge is 0.367 e. The van der Waals surface area contributed by atoms with Crippen LogP contribution in [0.15, 0.2) is 12.5 Å². The summed E-state index contributed by atoms with van der Waals surface area (Å²) < 4.78 is 37.5. The number of alkyl halides is 3. The molecular formula is C9H10F3N3. The Balaban J connectivity index is 2.21. The van der Waals surface area contributed by atoms with Crippen LogP contribution in [0.25, 0.3) is 0 Å². The van der Waals surface area contributed by atoms with Crippen LogP contribution in [0.5, 0.6) is 0 Å². The first-order chi connectivity index (χ1) is 7.07. The summed E-state index contributed by atoms with van der Waals surface area (Å²) in [6.07, 6.45) is 0.393. The predicted octanol–water partition coefficient (Wildman–Crippen LogP) is 2.46. The van der Waals surface area contributed by atoms with E-state index < -0.39 is 11.7 Å². The number of anilines is 1. The third-order valence-electron chi connectivity index (χ3n) is 2.46. The zero-order valence-electron chi connectivity index (χ0n) is 7.88. The van der Waals surface area contributed by atoms with Gasteiger partial charge in [-0.15, -0.1) is 0 Å².